The predicted molar refractivity (Wildman–Crippen MR) is 112 cm³/mol. The molecule has 0 atom stereocenters. The van der Waals surface area contributed by atoms with E-state index in [4.69, 9.17) is 4.74 Å². The van der Waals surface area contributed by atoms with Crippen LogP contribution in [0.25, 0.3) is 10.9 Å². The predicted octanol–water partition coefficient (Wildman–Crippen LogP) is 5.05. The van der Waals surface area contributed by atoms with Gasteiger partial charge in [0.15, 0.2) is 0 Å². The molecule has 144 valence electrons. The highest BCUT2D eigenvalue weighted by atomic mass is 16.5. The lowest BCUT2D eigenvalue weighted by molar-refractivity contribution is 0.0929. The molecule has 4 rings (SSSR count). The first-order chi connectivity index (χ1) is 13.7. The van der Waals surface area contributed by atoms with E-state index in [1.807, 2.05) is 54.6 Å². The smallest absolute Gasteiger partial charge is 0.252 e. The van der Waals surface area contributed by atoms with Gasteiger partial charge >= 0.3 is 0 Å². The molecular weight excluding hydrogens is 350 g/mol. The van der Waals surface area contributed by atoms with Crippen LogP contribution in [0, 0.1) is 0 Å². The van der Waals surface area contributed by atoms with Crippen molar-refractivity contribution in [2.75, 3.05) is 12.4 Å². The lowest BCUT2D eigenvalue weighted by Gasteiger charge is -2.23. The number of carbonyl (C=O) groups excluding carboxylic acids is 1. The molecular formula is C23H25N3O2. The molecule has 0 radical (unpaired) electrons. The normalized spacial score (nSPS) is 14.6. The van der Waals surface area contributed by atoms with Gasteiger partial charge in [0.05, 0.1) is 23.9 Å². The molecule has 0 unspecified atom stereocenters. The molecule has 1 aliphatic rings. The number of nitrogens with one attached hydrogen (secondary N) is 2. The summed E-state index contributed by atoms with van der Waals surface area (Å²) in [5, 5.41) is 7.38. The number of pyridine rings is 1. The van der Waals surface area contributed by atoms with E-state index < -0.39 is 0 Å². The zero-order valence-corrected chi connectivity index (χ0v) is 16.1. The summed E-state index contributed by atoms with van der Waals surface area (Å²) in [4.78, 5) is 17.8. The summed E-state index contributed by atoms with van der Waals surface area (Å²) in [6, 6.07) is 17.5. The Labute approximate surface area is 165 Å². The first-order valence-electron chi connectivity index (χ1n) is 9.85. The van der Waals surface area contributed by atoms with Gasteiger partial charge < -0.3 is 15.4 Å². The van der Waals surface area contributed by atoms with Gasteiger partial charge in [-0.25, -0.2) is 4.98 Å². The molecule has 5 nitrogen and oxygen atoms in total. The zero-order valence-electron chi connectivity index (χ0n) is 16.1. The third kappa shape index (κ3) is 3.93. The van der Waals surface area contributed by atoms with Crippen molar-refractivity contribution in [2.45, 2.75) is 38.1 Å². The number of benzene rings is 2. The quantitative estimate of drug-likeness (QED) is 0.655. The van der Waals surface area contributed by atoms with E-state index in [0.717, 1.165) is 35.2 Å². The van der Waals surface area contributed by atoms with Gasteiger partial charge in [0.25, 0.3) is 5.91 Å². The molecule has 28 heavy (non-hydrogen) atoms. The van der Waals surface area contributed by atoms with Crippen molar-refractivity contribution in [3.05, 3.63) is 60.2 Å². The topological polar surface area (TPSA) is 63.2 Å². The van der Waals surface area contributed by atoms with E-state index in [1.54, 1.807) is 7.11 Å². The van der Waals surface area contributed by atoms with Gasteiger partial charge in [-0.3, -0.25) is 4.79 Å². The van der Waals surface area contributed by atoms with Gasteiger partial charge in [0.2, 0.25) is 0 Å². The first kappa shape index (κ1) is 18.3. The summed E-state index contributed by atoms with van der Waals surface area (Å²) in [5.74, 6) is 1.32. The minimum atomic E-state index is -0.0337. The van der Waals surface area contributed by atoms with Crippen LogP contribution in [-0.2, 0) is 0 Å². The van der Waals surface area contributed by atoms with Crippen LogP contribution in [0.2, 0.25) is 0 Å². The Hall–Kier alpha value is -3.08. The molecule has 1 amide bonds. The Morgan fingerprint density at radius 3 is 2.61 bits per heavy atom. The van der Waals surface area contributed by atoms with Crippen molar-refractivity contribution in [2.24, 2.45) is 0 Å². The molecule has 5 heteroatoms. The van der Waals surface area contributed by atoms with E-state index in [9.17, 15) is 4.79 Å². The van der Waals surface area contributed by atoms with Crippen molar-refractivity contribution in [1.82, 2.24) is 10.3 Å². The van der Waals surface area contributed by atoms with Crippen LogP contribution in [0.5, 0.6) is 5.75 Å². The largest absolute Gasteiger partial charge is 0.495 e. The number of rotatable bonds is 5. The minimum absolute atomic E-state index is 0.0337. The van der Waals surface area contributed by atoms with Gasteiger partial charge in [-0.15, -0.1) is 0 Å². The number of aromatic nitrogens is 1. The average molecular weight is 375 g/mol. The van der Waals surface area contributed by atoms with E-state index in [-0.39, 0.29) is 11.9 Å². The maximum absolute atomic E-state index is 13.1. The Balaban J connectivity index is 1.68. The highest BCUT2D eigenvalue weighted by Crippen LogP contribution is 2.29. The number of methoxy groups -OCH3 is 1. The average Bonchev–Trinajstić information content (AvgIpc) is 2.74. The fourth-order valence-electron chi connectivity index (χ4n) is 3.82. The second-order valence-corrected chi connectivity index (χ2v) is 7.21. The number of fused-ring (bicyclic) bond motifs is 1. The number of hydrogen-bond donors (Lipinski definition) is 2. The van der Waals surface area contributed by atoms with Gasteiger partial charge in [-0.05, 0) is 37.1 Å². The third-order valence-corrected chi connectivity index (χ3v) is 5.27. The monoisotopic (exact) mass is 375 g/mol. The summed E-state index contributed by atoms with van der Waals surface area (Å²) in [7, 11) is 1.64. The number of anilines is 2. The van der Waals surface area contributed by atoms with Gasteiger partial charge in [0, 0.05) is 11.4 Å². The van der Waals surface area contributed by atoms with Crippen molar-refractivity contribution in [3.63, 3.8) is 0 Å². The molecule has 0 saturated heterocycles. The highest BCUT2D eigenvalue weighted by molar-refractivity contribution is 6.07. The van der Waals surface area contributed by atoms with Gasteiger partial charge in [-0.1, -0.05) is 49.6 Å². The minimum Gasteiger partial charge on any atom is -0.495 e. The van der Waals surface area contributed by atoms with E-state index in [1.165, 1.54) is 19.3 Å². The molecule has 2 N–H and O–H groups in total. The molecule has 1 heterocycles. The molecule has 1 fully saturated rings. The standard InChI is InChI=1S/C23H25N3O2/c1-28-21-14-8-7-13-20(21)26-22-15-18(17-11-5-6-12-19(17)25-22)23(27)24-16-9-3-2-4-10-16/h5-8,11-16H,2-4,9-10H2,1H3,(H,24,27)(H,25,26). The first-order valence-corrected chi connectivity index (χ1v) is 9.85. The lowest BCUT2D eigenvalue weighted by Crippen LogP contribution is -2.36. The Morgan fingerprint density at radius 1 is 1.04 bits per heavy atom. The second-order valence-electron chi connectivity index (χ2n) is 7.21. The molecule has 2 aromatic carbocycles. The molecule has 3 aromatic rings. The maximum atomic E-state index is 13.1. The molecule has 0 aliphatic heterocycles. The van der Waals surface area contributed by atoms with E-state index >= 15 is 0 Å². The fourth-order valence-corrected chi connectivity index (χ4v) is 3.82. The van der Waals surface area contributed by atoms with Crippen LogP contribution in [0.1, 0.15) is 42.5 Å². The third-order valence-electron chi connectivity index (χ3n) is 5.27. The number of carbonyl (C=O) groups is 1. The molecule has 1 saturated carbocycles. The number of ether oxygens (including phenoxy) is 1. The SMILES string of the molecule is COc1ccccc1Nc1cc(C(=O)NC2CCCCC2)c2ccccc2n1. The lowest BCUT2D eigenvalue weighted by atomic mass is 9.95. The molecule has 1 aromatic heterocycles. The van der Waals surface area contributed by atoms with Gasteiger partial charge in [-0.2, -0.15) is 0 Å². The van der Waals surface area contributed by atoms with Crippen LogP contribution in [0.3, 0.4) is 0 Å². The van der Waals surface area contributed by atoms with Crippen LogP contribution >= 0.6 is 0 Å². The molecule has 0 spiro atoms. The molecule has 0 bridgehead atoms. The summed E-state index contributed by atoms with van der Waals surface area (Å²) in [6.07, 6.45) is 5.74. The number of amides is 1. The fraction of sp³-hybridized carbons (Fsp3) is 0.304. The molecule has 1 aliphatic carbocycles. The highest BCUT2D eigenvalue weighted by Gasteiger charge is 2.19. The second kappa shape index (κ2) is 8.30. The van der Waals surface area contributed by atoms with Crippen LogP contribution in [0.4, 0.5) is 11.5 Å². The van der Waals surface area contributed by atoms with Crippen molar-refractivity contribution >= 4 is 28.3 Å². The number of para-hydroxylation sites is 3. The zero-order chi connectivity index (χ0) is 19.3. The summed E-state index contributed by atoms with van der Waals surface area (Å²) in [5.41, 5.74) is 2.25. The number of nitrogens with zero attached hydrogens (tertiary/aromatic N) is 1. The van der Waals surface area contributed by atoms with Gasteiger partial charge in [0.1, 0.15) is 11.6 Å². The van der Waals surface area contributed by atoms with E-state index in [2.05, 4.69) is 15.6 Å². The Morgan fingerprint density at radius 2 is 1.79 bits per heavy atom. The van der Waals surface area contributed by atoms with Crippen molar-refractivity contribution in [1.29, 1.82) is 0 Å². The Bertz CT molecular complexity index is 980. The summed E-state index contributed by atoms with van der Waals surface area (Å²) in [6.45, 7) is 0. The van der Waals surface area contributed by atoms with Crippen LogP contribution < -0.4 is 15.4 Å². The van der Waals surface area contributed by atoms with Crippen molar-refractivity contribution in [3.8, 4) is 5.75 Å². The van der Waals surface area contributed by atoms with Crippen LogP contribution in [-0.4, -0.2) is 24.0 Å². The summed E-state index contributed by atoms with van der Waals surface area (Å²) >= 11 is 0. The maximum Gasteiger partial charge on any atom is 0.252 e. The van der Waals surface area contributed by atoms with E-state index in [0.29, 0.717) is 11.4 Å². The number of hydrogen-bond acceptors (Lipinski definition) is 4. The van der Waals surface area contributed by atoms with Crippen LogP contribution in [0.15, 0.2) is 54.6 Å². The van der Waals surface area contributed by atoms with Crippen molar-refractivity contribution < 1.29 is 9.53 Å². The Kier molecular flexibility index (Phi) is 5.42. The summed E-state index contributed by atoms with van der Waals surface area (Å²) < 4.78 is 5.41.